The number of hydrogen-bond acceptors (Lipinski definition) is 3. The van der Waals surface area contributed by atoms with Gasteiger partial charge in [-0.1, -0.05) is 12.1 Å². The first-order chi connectivity index (χ1) is 8.76. The van der Waals surface area contributed by atoms with Gasteiger partial charge in [-0.3, -0.25) is 11.3 Å². The van der Waals surface area contributed by atoms with Crippen molar-refractivity contribution < 1.29 is 4.74 Å². The number of hydrogen-bond donors (Lipinski definition) is 2. The van der Waals surface area contributed by atoms with Crippen LogP contribution in [0.15, 0.2) is 24.3 Å². The molecule has 0 amide bonds. The van der Waals surface area contributed by atoms with Gasteiger partial charge in [0.25, 0.3) is 0 Å². The number of ether oxygens (including phenoxy) is 1. The van der Waals surface area contributed by atoms with Gasteiger partial charge < -0.3 is 4.74 Å². The summed E-state index contributed by atoms with van der Waals surface area (Å²) in [6.45, 7) is 4.57. The molecule has 1 unspecified atom stereocenters. The Morgan fingerprint density at radius 3 is 2.89 bits per heavy atom. The third-order valence-electron chi connectivity index (χ3n) is 2.75. The monoisotopic (exact) mass is 246 g/mol. The van der Waals surface area contributed by atoms with Crippen molar-refractivity contribution in [2.75, 3.05) is 6.61 Å². The fourth-order valence-electron chi connectivity index (χ4n) is 1.71. The van der Waals surface area contributed by atoms with Crippen LogP contribution in [0.1, 0.15) is 31.7 Å². The molecule has 0 aliphatic carbocycles. The quantitative estimate of drug-likeness (QED) is 0.441. The van der Waals surface area contributed by atoms with Gasteiger partial charge in [-0.05, 0) is 44.4 Å². The summed E-state index contributed by atoms with van der Waals surface area (Å²) < 4.78 is 5.69. The number of benzene rings is 1. The molecule has 98 valence electrons. The molecule has 3 nitrogen and oxygen atoms in total. The summed E-state index contributed by atoms with van der Waals surface area (Å²) in [4.78, 5) is 0. The number of rotatable bonds is 7. The molecular formula is C15H22N2O. The highest BCUT2D eigenvalue weighted by molar-refractivity contribution is 5.27. The molecular weight excluding hydrogens is 224 g/mol. The minimum Gasteiger partial charge on any atom is -0.494 e. The highest BCUT2D eigenvalue weighted by atomic mass is 16.5. The predicted molar refractivity (Wildman–Crippen MR) is 75.1 cm³/mol. The molecule has 0 bridgehead atoms. The summed E-state index contributed by atoms with van der Waals surface area (Å²) in [6.07, 6.45) is 2.71. The summed E-state index contributed by atoms with van der Waals surface area (Å²) in [6, 6.07) is 8.32. The zero-order valence-electron chi connectivity index (χ0n) is 11.2. The van der Waals surface area contributed by atoms with Crippen molar-refractivity contribution in [3.63, 3.8) is 0 Å². The number of hydrazine groups is 1. The van der Waals surface area contributed by atoms with E-state index in [1.54, 1.807) is 0 Å². The molecule has 0 aromatic heterocycles. The Hall–Kier alpha value is -1.50. The van der Waals surface area contributed by atoms with E-state index in [1.807, 2.05) is 25.1 Å². The zero-order chi connectivity index (χ0) is 13.2. The van der Waals surface area contributed by atoms with Gasteiger partial charge in [0.15, 0.2) is 0 Å². The van der Waals surface area contributed by atoms with Crippen molar-refractivity contribution in [1.82, 2.24) is 5.43 Å². The van der Waals surface area contributed by atoms with Crippen molar-refractivity contribution in [3.8, 4) is 17.6 Å². The Labute approximate surface area is 110 Å². The molecule has 0 spiro atoms. The van der Waals surface area contributed by atoms with Crippen LogP contribution in [0.5, 0.6) is 5.75 Å². The largest absolute Gasteiger partial charge is 0.494 e. The first-order valence-electron chi connectivity index (χ1n) is 6.31. The fraction of sp³-hybridized carbons (Fsp3) is 0.467. The third kappa shape index (κ3) is 5.72. The first-order valence-corrected chi connectivity index (χ1v) is 6.31. The lowest BCUT2D eigenvalue weighted by molar-refractivity contribution is 0.282. The lowest BCUT2D eigenvalue weighted by Gasteiger charge is -2.15. The molecule has 0 radical (unpaired) electrons. The average molecular weight is 246 g/mol. The Bertz CT molecular complexity index is 406. The predicted octanol–water partition coefficient (Wildman–Crippen LogP) is 2.40. The maximum absolute atomic E-state index is 5.69. The van der Waals surface area contributed by atoms with Crippen molar-refractivity contribution in [1.29, 1.82) is 0 Å². The molecule has 1 aromatic carbocycles. The fourth-order valence-corrected chi connectivity index (χ4v) is 1.71. The van der Waals surface area contributed by atoms with E-state index in [0.717, 1.165) is 25.0 Å². The van der Waals surface area contributed by atoms with Crippen LogP contribution in [0.2, 0.25) is 0 Å². The maximum Gasteiger partial charge on any atom is 0.119 e. The van der Waals surface area contributed by atoms with Crippen LogP contribution in [-0.4, -0.2) is 12.6 Å². The molecule has 0 aliphatic rings. The second-order valence-electron chi connectivity index (χ2n) is 4.28. The van der Waals surface area contributed by atoms with E-state index in [0.29, 0.717) is 6.61 Å². The Morgan fingerprint density at radius 1 is 1.39 bits per heavy atom. The Morgan fingerprint density at radius 2 is 2.22 bits per heavy atom. The van der Waals surface area contributed by atoms with Crippen LogP contribution in [0, 0.1) is 18.8 Å². The van der Waals surface area contributed by atoms with Crippen molar-refractivity contribution in [3.05, 3.63) is 29.8 Å². The number of aryl methyl sites for hydroxylation is 1. The van der Waals surface area contributed by atoms with Gasteiger partial charge in [0.05, 0.1) is 6.61 Å². The van der Waals surface area contributed by atoms with E-state index in [4.69, 9.17) is 10.6 Å². The summed E-state index contributed by atoms with van der Waals surface area (Å²) in [5.41, 5.74) is 4.02. The third-order valence-corrected chi connectivity index (χ3v) is 2.75. The molecule has 18 heavy (non-hydrogen) atoms. The Balaban J connectivity index is 2.27. The molecule has 1 atom stereocenters. The summed E-state index contributed by atoms with van der Waals surface area (Å²) in [7, 11) is 0. The van der Waals surface area contributed by atoms with Crippen LogP contribution in [0.3, 0.4) is 0 Å². The normalized spacial score (nSPS) is 11.5. The van der Waals surface area contributed by atoms with Gasteiger partial charge in [-0.15, -0.1) is 11.8 Å². The second-order valence-corrected chi connectivity index (χ2v) is 4.28. The number of nitrogens with one attached hydrogen (secondary N) is 1. The van der Waals surface area contributed by atoms with Crippen LogP contribution in [-0.2, 0) is 0 Å². The molecule has 0 aliphatic heterocycles. The van der Waals surface area contributed by atoms with E-state index < -0.39 is 0 Å². The molecule has 0 fully saturated rings. The first kappa shape index (κ1) is 14.6. The molecule has 3 heteroatoms. The summed E-state index contributed by atoms with van der Waals surface area (Å²) in [5.74, 6) is 12.3. The van der Waals surface area contributed by atoms with E-state index in [9.17, 15) is 0 Å². The van der Waals surface area contributed by atoms with Crippen molar-refractivity contribution in [2.24, 2.45) is 5.84 Å². The lowest BCUT2D eigenvalue weighted by Crippen LogP contribution is -2.36. The highest BCUT2D eigenvalue weighted by Gasteiger charge is 2.05. The molecule has 1 rings (SSSR count). The average Bonchev–Trinajstić information content (AvgIpc) is 2.37. The van der Waals surface area contributed by atoms with Gasteiger partial charge in [0.1, 0.15) is 5.75 Å². The summed E-state index contributed by atoms with van der Waals surface area (Å²) in [5, 5.41) is 0. The molecule has 3 N–H and O–H groups in total. The van der Waals surface area contributed by atoms with E-state index in [-0.39, 0.29) is 6.04 Å². The highest BCUT2D eigenvalue weighted by Crippen LogP contribution is 2.13. The lowest BCUT2D eigenvalue weighted by atomic mass is 10.1. The van der Waals surface area contributed by atoms with Crippen LogP contribution in [0.25, 0.3) is 0 Å². The van der Waals surface area contributed by atoms with Gasteiger partial charge >= 0.3 is 0 Å². The van der Waals surface area contributed by atoms with E-state index in [1.165, 1.54) is 5.56 Å². The zero-order valence-corrected chi connectivity index (χ0v) is 11.2. The smallest absolute Gasteiger partial charge is 0.119 e. The maximum atomic E-state index is 5.69. The van der Waals surface area contributed by atoms with Gasteiger partial charge in [-0.25, -0.2) is 0 Å². The SMILES string of the molecule is CC#CCCC(CCOc1cccc(C)c1)NN. The standard InChI is InChI=1S/C15H22N2O/c1-3-4-5-8-14(17-16)10-11-18-15-9-6-7-13(2)12-15/h6-7,9,12,14,17H,5,8,10-11,16H2,1-2H3. The topological polar surface area (TPSA) is 47.3 Å². The van der Waals surface area contributed by atoms with Crippen molar-refractivity contribution in [2.45, 2.75) is 39.2 Å². The molecule has 0 saturated carbocycles. The molecule has 0 heterocycles. The molecule has 1 aromatic rings. The van der Waals surface area contributed by atoms with Crippen LogP contribution >= 0.6 is 0 Å². The van der Waals surface area contributed by atoms with Crippen LogP contribution < -0.4 is 16.0 Å². The minimum atomic E-state index is 0.260. The number of nitrogens with two attached hydrogens (primary N) is 1. The van der Waals surface area contributed by atoms with Gasteiger partial charge in [-0.2, -0.15) is 0 Å². The molecule has 0 saturated heterocycles. The van der Waals surface area contributed by atoms with Gasteiger partial charge in [0, 0.05) is 12.5 Å². The second kappa shape index (κ2) is 8.57. The minimum absolute atomic E-state index is 0.260. The van der Waals surface area contributed by atoms with E-state index >= 15 is 0 Å². The van der Waals surface area contributed by atoms with E-state index in [2.05, 4.69) is 30.3 Å². The Kier molecular flexibility index (Phi) is 6.93. The van der Waals surface area contributed by atoms with Gasteiger partial charge in [0.2, 0.25) is 0 Å². The summed E-state index contributed by atoms with van der Waals surface area (Å²) >= 11 is 0. The van der Waals surface area contributed by atoms with Crippen molar-refractivity contribution >= 4 is 0 Å². The van der Waals surface area contributed by atoms with Crippen LogP contribution in [0.4, 0.5) is 0 Å².